The number of oxazole rings is 1. The summed E-state index contributed by atoms with van der Waals surface area (Å²) in [7, 11) is 1.92. The zero-order valence-electron chi connectivity index (χ0n) is 13.7. The highest BCUT2D eigenvalue weighted by atomic mass is 32.1. The maximum atomic E-state index is 5.51. The summed E-state index contributed by atoms with van der Waals surface area (Å²) in [6.45, 7) is 3.93. The van der Waals surface area contributed by atoms with E-state index in [1.54, 1.807) is 23.8 Å². The highest BCUT2D eigenvalue weighted by Crippen LogP contribution is 2.23. The molecule has 24 heavy (non-hydrogen) atoms. The lowest BCUT2D eigenvalue weighted by atomic mass is 10.4. The third kappa shape index (κ3) is 4.02. The second-order valence-corrected chi connectivity index (χ2v) is 6.06. The van der Waals surface area contributed by atoms with Crippen molar-refractivity contribution in [3.05, 3.63) is 47.4 Å². The summed E-state index contributed by atoms with van der Waals surface area (Å²) in [5.74, 6) is 1.38. The molecule has 0 spiro atoms. The third-order valence-corrected chi connectivity index (χ3v) is 4.24. The normalized spacial score (nSPS) is 11.7. The molecule has 7 nitrogen and oxygen atoms in total. The number of aryl methyl sites for hydroxylation is 1. The van der Waals surface area contributed by atoms with E-state index in [-0.39, 0.29) is 0 Å². The largest absolute Gasteiger partial charge is 0.443 e. The molecule has 0 bridgehead atoms. The van der Waals surface area contributed by atoms with E-state index in [1.165, 1.54) is 0 Å². The molecule has 0 aromatic carbocycles. The first-order valence-corrected chi connectivity index (χ1v) is 8.61. The zero-order valence-corrected chi connectivity index (χ0v) is 14.5. The van der Waals surface area contributed by atoms with Gasteiger partial charge in [0.15, 0.2) is 5.96 Å². The van der Waals surface area contributed by atoms with Gasteiger partial charge in [-0.2, -0.15) is 5.10 Å². The first kappa shape index (κ1) is 16.3. The summed E-state index contributed by atoms with van der Waals surface area (Å²) < 4.78 is 7.35. The van der Waals surface area contributed by atoms with Crippen molar-refractivity contribution >= 4 is 17.3 Å². The van der Waals surface area contributed by atoms with Crippen molar-refractivity contribution in [1.82, 2.24) is 25.4 Å². The average Bonchev–Trinajstić information content (AvgIpc) is 3.31. The van der Waals surface area contributed by atoms with Crippen LogP contribution in [0.15, 0.2) is 45.4 Å². The number of rotatable bonds is 6. The number of aromatic nitrogens is 3. The summed E-state index contributed by atoms with van der Waals surface area (Å²) in [6.07, 6.45) is 3.44. The van der Waals surface area contributed by atoms with Gasteiger partial charge in [0.05, 0.1) is 23.7 Å². The molecule has 0 aliphatic rings. The summed E-state index contributed by atoms with van der Waals surface area (Å²) in [4.78, 5) is 10.0. The van der Waals surface area contributed by atoms with Gasteiger partial charge in [0, 0.05) is 19.8 Å². The predicted octanol–water partition coefficient (Wildman–Crippen LogP) is 2.39. The third-order valence-electron chi connectivity index (χ3n) is 3.39. The van der Waals surface area contributed by atoms with Gasteiger partial charge in [-0.25, -0.2) is 9.98 Å². The molecule has 3 aromatic rings. The van der Waals surface area contributed by atoms with E-state index in [4.69, 9.17) is 4.42 Å². The molecule has 0 saturated carbocycles. The summed E-state index contributed by atoms with van der Waals surface area (Å²) in [6, 6.07) is 5.94. The Kier molecular flexibility index (Phi) is 5.27. The van der Waals surface area contributed by atoms with Crippen molar-refractivity contribution in [3.63, 3.8) is 0 Å². The van der Waals surface area contributed by atoms with E-state index in [0.29, 0.717) is 19.0 Å². The van der Waals surface area contributed by atoms with Crippen LogP contribution in [0.2, 0.25) is 0 Å². The van der Waals surface area contributed by atoms with Crippen molar-refractivity contribution in [2.75, 3.05) is 6.54 Å². The maximum absolute atomic E-state index is 5.51. The van der Waals surface area contributed by atoms with Crippen molar-refractivity contribution in [1.29, 1.82) is 0 Å². The molecule has 0 atom stereocenters. The van der Waals surface area contributed by atoms with Gasteiger partial charge in [-0.1, -0.05) is 6.07 Å². The molecule has 126 valence electrons. The molecule has 2 N–H and O–H groups in total. The zero-order chi connectivity index (χ0) is 16.8. The molecule has 3 heterocycles. The van der Waals surface area contributed by atoms with Gasteiger partial charge in [0.2, 0.25) is 5.89 Å². The fraction of sp³-hybridized carbons (Fsp3) is 0.312. The fourth-order valence-corrected chi connectivity index (χ4v) is 2.80. The predicted molar refractivity (Wildman–Crippen MR) is 94.7 cm³/mol. The number of thiophene rings is 1. The number of guanidine groups is 1. The highest BCUT2D eigenvalue weighted by molar-refractivity contribution is 7.13. The molecular weight excluding hydrogens is 324 g/mol. The Hall–Kier alpha value is -2.61. The van der Waals surface area contributed by atoms with E-state index >= 15 is 0 Å². The van der Waals surface area contributed by atoms with Crippen LogP contribution in [-0.4, -0.2) is 27.3 Å². The van der Waals surface area contributed by atoms with Crippen LogP contribution in [0.5, 0.6) is 0 Å². The molecule has 3 rings (SSSR count). The van der Waals surface area contributed by atoms with E-state index in [0.717, 1.165) is 28.8 Å². The highest BCUT2D eigenvalue weighted by Gasteiger charge is 2.07. The minimum absolute atomic E-state index is 0.454. The Balaban J connectivity index is 1.62. The molecular formula is C16H20N6OS. The van der Waals surface area contributed by atoms with Crippen molar-refractivity contribution in [3.8, 4) is 10.8 Å². The van der Waals surface area contributed by atoms with Crippen molar-refractivity contribution in [2.45, 2.75) is 20.0 Å². The Bertz CT molecular complexity index is 789. The second-order valence-electron chi connectivity index (χ2n) is 5.12. The molecule has 3 aromatic heterocycles. The monoisotopic (exact) mass is 344 g/mol. The Morgan fingerprint density at radius 3 is 3.00 bits per heavy atom. The SMILES string of the molecule is CCNC(=NCc1coc(-c2cccs2)n1)NCc1ccnn1C. The number of nitrogens with one attached hydrogen (secondary N) is 2. The molecule has 0 aliphatic carbocycles. The van der Waals surface area contributed by atoms with Crippen LogP contribution in [-0.2, 0) is 20.1 Å². The lowest BCUT2D eigenvalue weighted by molar-refractivity contribution is 0.574. The Morgan fingerprint density at radius 1 is 1.38 bits per heavy atom. The first-order valence-electron chi connectivity index (χ1n) is 7.73. The van der Waals surface area contributed by atoms with Crippen molar-refractivity contribution in [2.24, 2.45) is 12.0 Å². The van der Waals surface area contributed by atoms with Crippen LogP contribution >= 0.6 is 11.3 Å². The van der Waals surface area contributed by atoms with Gasteiger partial charge in [-0.3, -0.25) is 4.68 Å². The van der Waals surface area contributed by atoms with Gasteiger partial charge >= 0.3 is 0 Å². The van der Waals surface area contributed by atoms with Crippen molar-refractivity contribution < 1.29 is 4.42 Å². The number of hydrogen-bond acceptors (Lipinski definition) is 5. The number of hydrogen-bond donors (Lipinski definition) is 2. The van der Waals surface area contributed by atoms with Gasteiger partial charge in [0.1, 0.15) is 12.0 Å². The van der Waals surface area contributed by atoms with E-state index in [9.17, 15) is 0 Å². The second kappa shape index (κ2) is 7.78. The van der Waals surface area contributed by atoms with Crippen LogP contribution in [0.3, 0.4) is 0 Å². The molecule has 0 amide bonds. The fourth-order valence-electron chi connectivity index (χ4n) is 2.14. The quantitative estimate of drug-likeness (QED) is 0.530. The Morgan fingerprint density at radius 2 is 2.29 bits per heavy atom. The van der Waals surface area contributed by atoms with E-state index in [1.807, 2.05) is 42.2 Å². The standard InChI is InChI=1S/C16H20N6OS/c1-3-17-16(19-10-13-6-7-20-22(13)2)18-9-12-11-23-15(21-12)14-5-4-8-24-14/h4-8,11H,3,9-10H2,1-2H3,(H2,17,18,19). The average molecular weight is 344 g/mol. The lowest BCUT2D eigenvalue weighted by Gasteiger charge is -2.10. The summed E-state index contributed by atoms with van der Waals surface area (Å²) in [5.41, 5.74) is 1.89. The molecule has 0 saturated heterocycles. The number of aliphatic imine (C=N–C) groups is 1. The van der Waals surface area contributed by atoms with E-state index in [2.05, 4.69) is 25.7 Å². The van der Waals surface area contributed by atoms with Gasteiger partial charge < -0.3 is 15.1 Å². The first-order chi connectivity index (χ1) is 11.8. The number of nitrogens with zero attached hydrogens (tertiary/aromatic N) is 4. The summed E-state index contributed by atoms with van der Waals surface area (Å²) in [5, 5.41) is 12.7. The van der Waals surface area contributed by atoms with E-state index < -0.39 is 0 Å². The molecule has 0 fully saturated rings. The Labute approximate surface area is 144 Å². The van der Waals surface area contributed by atoms with Gasteiger partial charge in [0.25, 0.3) is 0 Å². The molecule has 0 unspecified atom stereocenters. The van der Waals surface area contributed by atoms with Crippen LogP contribution in [0.4, 0.5) is 0 Å². The van der Waals surface area contributed by atoms with Crippen LogP contribution in [0.25, 0.3) is 10.8 Å². The molecule has 0 radical (unpaired) electrons. The van der Waals surface area contributed by atoms with Gasteiger partial charge in [-0.15, -0.1) is 11.3 Å². The minimum Gasteiger partial charge on any atom is -0.443 e. The molecule has 0 aliphatic heterocycles. The van der Waals surface area contributed by atoms with Crippen LogP contribution in [0, 0.1) is 0 Å². The minimum atomic E-state index is 0.454. The summed E-state index contributed by atoms with van der Waals surface area (Å²) >= 11 is 1.60. The van der Waals surface area contributed by atoms with Gasteiger partial charge in [-0.05, 0) is 24.4 Å². The maximum Gasteiger partial charge on any atom is 0.236 e. The van der Waals surface area contributed by atoms with Crippen LogP contribution < -0.4 is 10.6 Å². The smallest absolute Gasteiger partial charge is 0.236 e. The lowest BCUT2D eigenvalue weighted by Crippen LogP contribution is -2.37. The van der Waals surface area contributed by atoms with Crippen LogP contribution in [0.1, 0.15) is 18.3 Å². The molecule has 8 heteroatoms. The topological polar surface area (TPSA) is 80.3 Å².